The van der Waals surface area contributed by atoms with Gasteiger partial charge < -0.3 is 20.4 Å². The first-order valence-corrected chi connectivity index (χ1v) is 10.2. The number of unbranched alkanes of at least 4 members (excludes halogenated alkanes) is 3. The minimum absolute atomic E-state index is 1.03. The molecule has 0 saturated carbocycles. The molecule has 3 N–H and O–H groups in total. The van der Waals surface area contributed by atoms with Gasteiger partial charge >= 0.3 is 11.9 Å². The van der Waals surface area contributed by atoms with E-state index < -0.39 is 11.9 Å². The van der Waals surface area contributed by atoms with E-state index in [9.17, 15) is 0 Å². The Morgan fingerprint density at radius 3 is 2.28 bits per heavy atom. The van der Waals surface area contributed by atoms with Crippen molar-refractivity contribution >= 4 is 28.5 Å². The Labute approximate surface area is 172 Å². The van der Waals surface area contributed by atoms with Crippen LogP contribution in [0.3, 0.4) is 0 Å². The lowest BCUT2D eigenvalue weighted by Gasteiger charge is -2.17. The molecule has 1 aromatic carbocycles. The summed E-state index contributed by atoms with van der Waals surface area (Å²) in [6.45, 7) is 11.2. The van der Waals surface area contributed by atoms with Crippen LogP contribution in [0.1, 0.15) is 45.1 Å². The summed E-state index contributed by atoms with van der Waals surface area (Å²) in [6, 6.07) is 8.47. The largest absolute Gasteiger partial charge is 0.473 e. The van der Waals surface area contributed by atoms with Crippen LogP contribution in [0.4, 0.5) is 5.69 Å². The molecule has 0 atom stereocenters. The predicted octanol–water partition coefficient (Wildman–Crippen LogP) is 4.01. The zero-order valence-corrected chi connectivity index (χ0v) is 17.6. The molecule has 0 saturated heterocycles. The van der Waals surface area contributed by atoms with Crippen molar-refractivity contribution in [1.82, 2.24) is 9.88 Å². The lowest BCUT2D eigenvalue weighted by atomic mass is 10.1. The van der Waals surface area contributed by atoms with Gasteiger partial charge in [-0.2, -0.15) is 0 Å². The normalized spacial score (nSPS) is 10.5. The van der Waals surface area contributed by atoms with Gasteiger partial charge in [0.2, 0.25) is 0 Å². The number of hydrogen-bond donors (Lipinski definition) is 3. The maximum Gasteiger partial charge on any atom is 0.414 e. The van der Waals surface area contributed by atoms with Crippen molar-refractivity contribution < 1.29 is 19.8 Å². The summed E-state index contributed by atoms with van der Waals surface area (Å²) in [4.78, 5) is 25.2. The number of hydrogen-bond acceptors (Lipinski definition) is 5. The van der Waals surface area contributed by atoms with E-state index in [1.165, 1.54) is 56.3 Å². The molecule has 0 unspecified atom stereocenters. The van der Waals surface area contributed by atoms with Crippen molar-refractivity contribution in [3.63, 3.8) is 0 Å². The molecule has 29 heavy (non-hydrogen) atoms. The van der Waals surface area contributed by atoms with E-state index >= 15 is 0 Å². The maximum absolute atomic E-state index is 9.10. The van der Waals surface area contributed by atoms with Gasteiger partial charge in [-0.15, -0.1) is 0 Å². The number of nitrogens with one attached hydrogen (secondary N) is 1. The van der Waals surface area contributed by atoms with Crippen LogP contribution < -0.4 is 5.32 Å². The quantitative estimate of drug-likeness (QED) is 0.407. The van der Waals surface area contributed by atoms with Crippen LogP contribution in [0.5, 0.6) is 0 Å². The number of anilines is 1. The molecular formula is C22H33N3O4. The summed E-state index contributed by atoms with van der Waals surface area (Å²) in [7, 11) is 0. The highest BCUT2D eigenvalue weighted by Crippen LogP contribution is 2.23. The number of para-hydroxylation sites is 1. The number of carboxylic acids is 2. The van der Waals surface area contributed by atoms with Gasteiger partial charge in [0.15, 0.2) is 0 Å². The van der Waals surface area contributed by atoms with E-state index in [4.69, 9.17) is 19.8 Å². The number of aromatic nitrogens is 1. The zero-order chi connectivity index (χ0) is 21.6. The topological polar surface area (TPSA) is 103 Å². The zero-order valence-electron chi connectivity index (χ0n) is 17.6. The SMILES string of the molecule is CCN(CC)CCCCCCNc1cccc2c(C)ccnc12.O=C(O)C(=O)O. The first kappa shape index (κ1) is 24.4. The van der Waals surface area contributed by atoms with E-state index in [0.717, 1.165) is 17.7 Å². The van der Waals surface area contributed by atoms with Gasteiger partial charge in [0.25, 0.3) is 0 Å². The van der Waals surface area contributed by atoms with Gasteiger partial charge in [-0.1, -0.05) is 38.8 Å². The second-order valence-electron chi connectivity index (χ2n) is 6.81. The average molecular weight is 404 g/mol. The molecule has 7 heteroatoms. The number of fused-ring (bicyclic) bond motifs is 1. The molecule has 0 amide bonds. The smallest absolute Gasteiger partial charge is 0.414 e. The van der Waals surface area contributed by atoms with Gasteiger partial charge in [0, 0.05) is 18.1 Å². The van der Waals surface area contributed by atoms with E-state index in [1.807, 2.05) is 6.20 Å². The lowest BCUT2D eigenvalue weighted by Crippen LogP contribution is -2.23. The monoisotopic (exact) mass is 403 g/mol. The third-order valence-corrected chi connectivity index (χ3v) is 4.78. The molecule has 0 fully saturated rings. The maximum atomic E-state index is 9.10. The van der Waals surface area contributed by atoms with Crippen molar-refractivity contribution in [2.45, 2.75) is 46.5 Å². The van der Waals surface area contributed by atoms with Crippen LogP contribution >= 0.6 is 0 Å². The minimum atomic E-state index is -1.82. The molecule has 2 rings (SSSR count). The Balaban J connectivity index is 0.000000612. The van der Waals surface area contributed by atoms with Crippen molar-refractivity contribution in [3.8, 4) is 0 Å². The van der Waals surface area contributed by atoms with E-state index in [0.29, 0.717) is 0 Å². The van der Waals surface area contributed by atoms with Gasteiger partial charge in [-0.3, -0.25) is 4.98 Å². The Hall–Kier alpha value is -2.67. The van der Waals surface area contributed by atoms with Crippen LogP contribution in [0.25, 0.3) is 10.9 Å². The number of aliphatic carboxylic acids is 2. The summed E-state index contributed by atoms with van der Waals surface area (Å²) in [6.07, 6.45) is 7.06. The Kier molecular flexibility index (Phi) is 11.3. The van der Waals surface area contributed by atoms with Gasteiger partial charge in [0.05, 0.1) is 11.2 Å². The lowest BCUT2D eigenvalue weighted by molar-refractivity contribution is -0.159. The average Bonchev–Trinajstić information content (AvgIpc) is 2.71. The standard InChI is InChI=1S/C20H31N3.C2H2O4/c1-4-23(5-2)16-9-7-6-8-14-21-19-12-10-11-18-17(3)13-15-22-20(18)19;3-1(4)2(5)6/h10-13,15,21H,4-9,14,16H2,1-3H3;(H,3,4)(H,5,6). The molecule has 2 aromatic rings. The van der Waals surface area contributed by atoms with E-state index in [2.05, 4.69) is 60.2 Å². The number of carboxylic acid groups (broad SMARTS) is 2. The number of carbonyl (C=O) groups is 2. The molecule has 1 aromatic heterocycles. The van der Waals surface area contributed by atoms with Crippen molar-refractivity contribution in [1.29, 1.82) is 0 Å². The highest BCUT2D eigenvalue weighted by molar-refractivity contribution is 6.27. The van der Waals surface area contributed by atoms with Gasteiger partial charge in [-0.25, -0.2) is 9.59 Å². The van der Waals surface area contributed by atoms with Gasteiger partial charge in [-0.05, 0) is 57.1 Å². The van der Waals surface area contributed by atoms with E-state index in [1.54, 1.807) is 0 Å². The predicted molar refractivity (Wildman–Crippen MR) is 116 cm³/mol. The second-order valence-corrected chi connectivity index (χ2v) is 6.81. The molecule has 0 bridgehead atoms. The van der Waals surface area contributed by atoms with Crippen molar-refractivity contribution in [3.05, 3.63) is 36.0 Å². The van der Waals surface area contributed by atoms with Crippen LogP contribution in [0.2, 0.25) is 0 Å². The van der Waals surface area contributed by atoms with Crippen LogP contribution in [-0.2, 0) is 9.59 Å². The summed E-state index contributed by atoms with van der Waals surface area (Å²) in [5, 5.41) is 19.6. The minimum Gasteiger partial charge on any atom is -0.473 e. The number of rotatable bonds is 10. The molecule has 0 aliphatic rings. The summed E-state index contributed by atoms with van der Waals surface area (Å²) in [5.74, 6) is -3.65. The summed E-state index contributed by atoms with van der Waals surface area (Å²) < 4.78 is 0. The summed E-state index contributed by atoms with van der Waals surface area (Å²) >= 11 is 0. The fourth-order valence-electron chi connectivity index (χ4n) is 3.03. The molecule has 0 radical (unpaired) electrons. The third kappa shape index (κ3) is 8.91. The second kappa shape index (κ2) is 13.5. The fourth-order valence-corrected chi connectivity index (χ4v) is 3.03. The molecule has 0 aliphatic carbocycles. The molecule has 0 aliphatic heterocycles. The highest BCUT2D eigenvalue weighted by atomic mass is 16.4. The Bertz CT molecular complexity index is 764. The summed E-state index contributed by atoms with van der Waals surface area (Å²) in [5.41, 5.74) is 3.54. The van der Waals surface area contributed by atoms with Crippen LogP contribution in [0, 0.1) is 6.92 Å². The van der Waals surface area contributed by atoms with Crippen molar-refractivity contribution in [2.24, 2.45) is 0 Å². The fraction of sp³-hybridized carbons (Fsp3) is 0.500. The number of nitrogens with zero attached hydrogens (tertiary/aromatic N) is 2. The van der Waals surface area contributed by atoms with Gasteiger partial charge in [0.1, 0.15) is 0 Å². The Morgan fingerprint density at radius 1 is 1.00 bits per heavy atom. The van der Waals surface area contributed by atoms with Crippen LogP contribution in [-0.4, -0.2) is 58.2 Å². The molecular weight excluding hydrogens is 370 g/mol. The molecule has 160 valence electrons. The van der Waals surface area contributed by atoms with E-state index in [-0.39, 0.29) is 0 Å². The first-order valence-electron chi connectivity index (χ1n) is 10.2. The highest BCUT2D eigenvalue weighted by Gasteiger charge is 2.04. The molecule has 0 spiro atoms. The first-order chi connectivity index (χ1) is 13.9. The molecule has 7 nitrogen and oxygen atoms in total. The van der Waals surface area contributed by atoms with Crippen LogP contribution in [0.15, 0.2) is 30.5 Å². The van der Waals surface area contributed by atoms with Crippen molar-refractivity contribution in [2.75, 3.05) is 31.5 Å². The number of pyridine rings is 1. The molecule has 1 heterocycles. The number of aryl methyl sites for hydroxylation is 1. The Morgan fingerprint density at radius 2 is 1.66 bits per heavy atom. The third-order valence-electron chi connectivity index (χ3n) is 4.78. The number of benzene rings is 1.